The van der Waals surface area contributed by atoms with Gasteiger partial charge < -0.3 is 9.84 Å². The first-order valence-electron chi connectivity index (χ1n) is 4.38. The van der Waals surface area contributed by atoms with Gasteiger partial charge in [0.25, 0.3) is 0 Å². The summed E-state index contributed by atoms with van der Waals surface area (Å²) in [7, 11) is 0. The van der Waals surface area contributed by atoms with Gasteiger partial charge >= 0.3 is 11.9 Å². The summed E-state index contributed by atoms with van der Waals surface area (Å²) in [6.45, 7) is 1.15. The molecule has 0 aliphatic carbocycles. The lowest BCUT2D eigenvalue weighted by Crippen LogP contribution is -2.03. The predicted molar refractivity (Wildman–Crippen MR) is 54.4 cm³/mol. The molecular formula is C11H9FO4. The number of esters is 1. The summed E-state index contributed by atoms with van der Waals surface area (Å²) >= 11 is 0. The van der Waals surface area contributed by atoms with Crippen LogP contribution < -0.4 is 4.74 Å². The second-order valence-corrected chi connectivity index (χ2v) is 2.96. The largest absolute Gasteiger partial charge is 0.478 e. The summed E-state index contributed by atoms with van der Waals surface area (Å²) < 4.78 is 17.7. The standard InChI is InChI=1S/C11H9FO4/c1-7(13)16-10-6-8(2-4-9(10)12)3-5-11(14)15/h2-6H,1H3,(H,14,15). The van der Waals surface area contributed by atoms with Crippen molar-refractivity contribution in [2.45, 2.75) is 6.92 Å². The van der Waals surface area contributed by atoms with Crippen LogP contribution in [0.15, 0.2) is 24.3 Å². The van der Waals surface area contributed by atoms with Gasteiger partial charge in [-0.1, -0.05) is 6.07 Å². The number of ether oxygens (including phenoxy) is 1. The van der Waals surface area contributed by atoms with Crippen LogP contribution in [0.1, 0.15) is 12.5 Å². The molecule has 0 bridgehead atoms. The fourth-order valence-electron chi connectivity index (χ4n) is 1.02. The highest BCUT2D eigenvalue weighted by Gasteiger charge is 2.06. The summed E-state index contributed by atoms with van der Waals surface area (Å²) in [5, 5.41) is 8.40. The van der Waals surface area contributed by atoms with Gasteiger partial charge in [-0.05, 0) is 23.8 Å². The number of carboxylic acid groups (broad SMARTS) is 1. The molecule has 1 N–H and O–H groups in total. The molecule has 0 aliphatic rings. The lowest BCUT2D eigenvalue weighted by atomic mass is 10.2. The van der Waals surface area contributed by atoms with E-state index >= 15 is 0 Å². The molecule has 1 rings (SSSR count). The van der Waals surface area contributed by atoms with Crippen LogP contribution >= 0.6 is 0 Å². The summed E-state index contributed by atoms with van der Waals surface area (Å²) in [5.74, 6) is -2.65. The Morgan fingerprint density at radius 2 is 2.12 bits per heavy atom. The number of halogens is 1. The second-order valence-electron chi connectivity index (χ2n) is 2.96. The van der Waals surface area contributed by atoms with Crippen LogP contribution in [0.2, 0.25) is 0 Å². The van der Waals surface area contributed by atoms with E-state index in [2.05, 4.69) is 4.74 Å². The van der Waals surface area contributed by atoms with Crippen LogP contribution in [0, 0.1) is 5.82 Å². The number of carboxylic acids is 1. The number of hydrogen-bond donors (Lipinski definition) is 1. The minimum atomic E-state index is -1.11. The number of rotatable bonds is 3. The first-order valence-corrected chi connectivity index (χ1v) is 4.38. The highest BCUT2D eigenvalue weighted by Crippen LogP contribution is 2.19. The smallest absolute Gasteiger partial charge is 0.328 e. The number of aliphatic carboxylic acids is 1. The molecule has 0 saturated heterocycles. The van der Waals surface area contributed by atoms with E-state index in [0.29, 0.717) is 5.56 Å². The summed E-state index contributed by atoms with van der Waals surface area (Å²) in [6, 6.07) is 3.72. The Hall–Kier alpha value is -2.17. The minimum Gasteiger partial charge on any atom is -0.478 e. The zero-order valence-corrected chi connectivity index (χ0v) is 8.44. The maximum atomic E-state index is 13.1. The van der Waals surface area contributed by atoms with E-state index in [1.54, 1.807) is 0 Å². The fraction of sp³-hybridized carbons (Fsp3) is 0.0909. The van der Waals surface area contributed by atoms with Crippen molar-refractivity contribution in [3.05, 3.63) is 35.7 Å². The Kier molecular flexibility index (Phi) is 3.77. The highest BCUT2D eigenvalue weighted by molar-refractivity contribution is 5.85. The van der Waals surface area contributed by atoms with E-state index in [-0.39, 0.29) is 5.75 Å². The Labute approximate surface area is 91.0 Å². The minimum absolute atomic E-state index is 0.222. The lowest BCUT2D eigenvalue weighted by molar-refractivity contribution is -0.132. The van der Waals surface area contributed by atoms with Crippen molar-refractivity contribution < 1.29 is 23.8 Å². The molecule has 0 aliphatic heterocycles. The Morgan fingerprint density at radius 1 is 1.44 bits per heavy atom. The third-order valence-electron chi connectivity index (χ3n) is 1.63. The quantitative estimate of drug-likeness (QED) is 0.483. The molecular weight excluding hydrogens is 215 g/mol. The molecule has 0 aromatic heterocycles. The van der Waals surface area contributed by atoms with Crippen LogP contribution in [-0.4, -0.2) is 17.0 Å². The molecule has 16 heavy (non-hydrogen) atoms. The zero-order chi connectivity index (χ0) is 12.1. The molecule has 1 aromatic carbocycles. The molecule has 0 atom stereocenters. The molecule has 0 spiro atoms. The van der Waals surface area contributed by atoms with Gasteiger partial charge in [-0.2, -0.15) is 0 Å². The third kappa shape index (κ3) is 3.53. The molecule has 84 valence electrons. The van der Waals surface area contributed by atoms with Crippen LogP contribution in [0.4, 0.5) is 4.39 Å². The third-order valence-corrected chi connectivity index (χ3v) is 1.63. The number of carbonyl (C=O) groups excluding carboxylic acids is 1. The van der Waals surface area contributed by atoms with Crippen LogP contribution in [0.3, 0.4) is 0 Å². The monoisotopic (exact) mass is 224 g/mol. The van der Waals surface area contributed by atoms with Crippen molar-refractivity contribution in [1.29, 1.82) is 0 Å². The first kappa shape index (κ1) is 11.9. The molecule has 0 fully saturated rings. The van der Waals surface area contributed by atoms with E-state index in [9.17, 15) is 14.0 Å². The zero-order valence-electron chi connectivity index (χ0n) is 8.44. The van der Waals surface area contributed by atoms with Crippen LogP contribution in [0.25, 0.3) is 6.08 Å². The number of carbonyl (C=O) groups is 2. The highest BCUT2D eigenvalue weighted by atomic mass is 19.1. The van der Waals surface area contributed by atoms with Gasteiger partial charge in [-0.3, -0.25) is 4.79 Å². The van der Waals surface area contributed by atoms with E-state index < -0.39 is 17.8 Å². The normalized spacial score (nSPS) is 10.4. The van der Waals surface area contributed by atoms with Gasteiger partial charge in [0.15, 0.2) is 11.6 Å². The molecule has 1 aromatic rings. The average molecular weight is 224 g/mol. The van der Waals surface area contributed by atoms with Crippen molar-refractivity contribution in [3.8, 4) is 5.75 Å². The number of hydrogen-bond acceptors (Lipinski definition) is 3. The van der Waals surface area contributed by atoms with Gasteiger partial charge in [0.2, 0.25) is 0 Å². The van der Waals surface area contributed by atoms with Gasteiger partial charge in [0.1, 0.15) is 0 Å². The summed E-state index contributed by atoms with van der Waals surface area (Å²) in [4.78, 5) is 20.9. The second kappa shape index (κ2) is 5.06. The SMILES string of the molecule is CC(=O)Oc1cc(C=CC(=O)O)ccc1F. The first-order chi connectivity index (χ1) is 7.49. The molecule has 0 saturated carbocycles. The number of benzene rings is 1. The molecule has 0 unspecified atom stereocenters. The van der Waals surface area contributed by atoms with Crippen molar-refractivity contribution in [2.75, 3.05) is 0 Å². The summed E-state index contributed by atoms with van der Waals surface area (Å²) in [6.07, 6.45) is 2.18. The lowest BCUT2D eigenvalue weighted by Gasteiger charge is -2.03. The van der Waals surface area contributed by atoms with Crippen LogP contribution in [0.5, 0.6) is 5.75 Å². The van der Waals surface area contributed by atoms with Crippen molar-refractivity contribution >= 4 is 18.0 Å². The molecule has 0 heterocycles. The molecule has 0 radical (unpaired) electrons. The van der Waals surface area contributed by atoms with Gasteiger partial charge in [-0.15, -0.1) is 0 Å². The fourth-order valence-corrected chi connectivity index (χ4v) is 1.02. The summed E-state index contributed by atoms with van der Waals surface area (Å²) in [5.41, 5.74) is 0.431. The maximum Gasteiger partial charge on any atom is 0.328 e. The van der Waals surface area contributed by atoms with E-state index in [1.807, 2.05) is 0 Å². The van der Waals surface area contributed by atoms with Crippen molar-refractivity contribution in [2.24, 2.45) is 0 Å². The topological polar surface area (TPSA) is 63.6 Å². The average Bonchev–Trinajstić information content (AvgIpc) is 2.18. The van der Waals surface area contributed by atoms with E-state index in [0.717, 1.165) is 19.1 Å². The van der Waals surface area contributed by atoms with Crippen molar-refractivity contribution in [3.63, 3.8) is 0 Å². The van der Waals surface area contributed by atoms with Gasteiger partial charge in [0, 0.05) is 13.0 Å². The van der Waals surface area contributed by atoms with Crippen LogP contribution in [-0.2, 0) is 9.59 Å². The Morgan fingerprint density at radius 3 is 2.69 bits per heavy atom. The molecule has 0 amide bonds. The van der Waals surface area contributed by atoms with Gasteiger partial charge in [0.05, 0.1) is 0 Å². The van der Waals surface area contributed by atoms with E-state index in [1.165, 1.54) is 18.2 Å². The maximum absolute atomic E-state index is 13.1. The predicted octanol–water partition coefficient (Wildman–Crippen LogP) is 1.85. The Balaban J connectivity index is 2.97. The molecule has 5 heteroatoms. The van der Waals surface area contributed by atoms with Gasteiger partial charge in [-0.25, -0.2) is 9.18 Å². The molecule has 4 nitrogen and oxygen atoms in total. The van der Waals surface area contributed by atoms with E-state index in [4.69, 9.17) is 5.11 Å². The Bertz CT molecular complexity index is 451. The van der Waals surface area contributed by atoms with Crippen molar-refractivity contribution in [1.82, 2.24) is 0 Å².